The van der Waals surface area contributed by atoms with E-state index in [1.54, 1.807) is 0 Å². The van der Waals surface area contributed by atoms with Crippen molar-refractivity contribution < 1.29 is 0 Å². The molecule has 2 N–H and O–H groups in total. The Morgan fingerprint density at radius 3 is 2.58 bits per heavy atom. The van der Waals surface area contributed by atoms with Crippen LogP contribution in [-0.2, 0) is 0 Å². The Labute approximate surface area is 119 Å². The molecule has 110 valence electrons. The number of piperidine rings is 1. The fraction of sp³-hybridized carbons (Fsp3) is 1.00. The molecule has 0 spiro atoms. The zero-order valence-electron chi connectivity index (χ0n) is 12.7. The molecule has 3 rings (SSSR count). The number of nitrogens with zero attached hydrogens (tertiary/aromatic N) is 1. The van der Waals surface area contributed by atoms with Crippen LogP contribution in [0.4, 0.5) is 0 Å². The molecule has 19 heavy (non-hydrogen) atoms. The van der Waals surface area contributed by atoms with E-state index in [0.29, 0.717) is 0 Å². The summed E-state index contributed by atoms with van der Waals surface area (Å²) in [6.07, 6.45) is 11.6. The summed E-state index contributed by atoms with van der Waals surface area (Å²) in [5.41, 5.74) is 6.05. The third kappa shape index (κ3) is 3.00. The van der Waals surface area contributed by atoms with Gasteiger partial charge in [-0.25, -0.2) is 0 Å². The van der Waals surface area contributed by atoms with Crippen LogP contribution in [0, 0.1) is 23.7 Å². The second-order valence-electron chi connectivity index (χ2n) is 7.57. The SMILES string of the molecule is CC1CCC(CN)C(N2CCC3CCCCC3C2)C1. The topological polar surface area (TPSA) is 29.3 Å². The molecule has 2 saturated carbocycles. The van der Waals surface area contributed by atoms with Crippen LogP contribution in [0.15, 0.2) is 0 Å². The summed E-state index contributed by atoms with van der Waals surface area (Å²) in [4.78, 5) is 2.85. The van der Waals surface area contributed by atoms with Gasteiger partial charge >= 0.3 is 0 Å². The molecule has 2 heteroatoms. The normalized spacial score (nSPS) is 44.8. The molecule has 0 radical (unpaired) electrons. The molecular formula is C17H32N2. The van der Waals surface area contributed by atoms with E-state index in [-0.39, 0.29) is 0 Å². The lowest BCUT2D eigenvalue weighted by Crippen LogP contribution is -2.52. The minimum Gasteiger partial charge on any atom is -0.330 e. The Hall–Kier alpha value is -0.0800. The lowest BCUT2D eigenvalue weighted by molar-refractivity contribution is 0.0138. The Morgan fingerprint density at radius 1 is 1.00 bits per heavy atom. The number of fused-ring (bicyclic) bond motifs is 1. The summed E-state index contributed by atoms with van der Waals surface area (Å²) in [5, 5.41) is 0. The second kappa shape index (κ2) is 6.13. The molecule has 3 fully saturated rings. The Morgan fingerprint density at radius 2 is 1.79 bits per heavy atom. The van der Waals surface area contributed by atoms with E-state index in [4.69, 9.17) is 5.73 Å². The van der Waals surface area contributed by atoms with Gasteiger partial charge in [-0.1, -0.05) is 32.6 Å². The monoisotopic (exact) mass is 264 g/mol. The first-order valence-electron chi connectivity index (χ1n) is 8.72. The van der Waals surface area contributed by atoms with E-state index < -0.39 is 0 Å². The van der Waals surface area contributed by atoms with Crippen molar-refractivity contribution in [1.82, 2.24) is 4.90 Å². The highest BCUT2D eigenvalue weighted by atomic mass is 15.2. The van der Waals surface area contributed by atoms with Gasteiger partial charge in [-0.2, -0.15) is 0 Å². The molecule has 2 aliphatic carbocycles. The number of hydrogen-bond acceptors (Lipinski definition) is 2. The molecule has 0 bridgehead atoms. The Bertz CT molecular complexity index is 291. The maximum atomic E-state index is 6.05. The maximum absolute atomic E-state index is 6.05. The largest absolute Gasteiger partial charge is 0.330 e. The Kier molecular flexibility index (Phi) is 4.48. The van der Waals surface area contributed by atoms with Gasteiger partial charge in [0.05, 0.1) is 0 Å². The van der Waals surface area contributed by atoms with Crippen LogP contribution >= 0.6 is 0 Å². The van der Waals surface area contributed by atoms with Gasteiger partial charge in [0.25, 0.3) is 0 Å². The van der Waals surface area contributed by atoms with Gasteiger partial charge in [0.1, 0.15) is 0 Å². The fourth-order valence-electron chi connectivity index (χ4n) is 5.07. The van der Waals surface area contributed by atoms with E-state index in [1.165, 1.54) is 64.5 Å². The first-order valence-corrected chi connectivity index (χ1v) is 8.72. The van der Waals surface area contributed by atoms with Crippen LogP contribution in [-0.4, -0.2) is 30.6 Å². The molecule has 3 aliphatic rings. The molecule has 0 aromatic carbocycles. The van der Waals surface area contributed by atoms with Crippen molar-refractivity contribution in [2.75, 3.05) is 19.6 Å². The molecule has 1 aliphatic heterocycles. The summed E-state index contributed by atoms with van der Waals surface area (Å²) in [5.74, 6) is 3.76. The molecule has 1 heterocycles. The minimum absolute atomic E-state index is 0.774. The smallest absolute Gasteiger partial charge is 0.0138 e. The van der Waals surface area contributed by atoms with Gasteiger partial charge in [0.2, 0.25) is 0 Å². The minimum atomic E-state index is 0.774. The van der Waals surface area contributed by atoms with Crippen molar-refractivity contribution >= 4 is 0 Å². The molecule has 5 unspecified atom stereocenters. The number of rotatable bonds is 2. The summed E-state index contributed by atoms with van der Waals surface area (Å²) in [6, 6.07) is 0.802. The average molecular weight is 264 g/mol. The standard InChI is InChI=1S/C17H32N2/c1-13-6-7-15(11-18)17(10-13)19-9-8-14-4-2-3-5-16(14)12-19/h13-17H,2-12,18H2,1H3. The van der Waals surface area contributed by atoms with Crippen LogP contribution in [0.1, 0.15) is 58.3 Å². The highest BCUT2D eigenvalue weighted by Gasteiger charge is 2.37. The van der Waals surface area contributed by atoms with Crippen LogP contribution < -0.4 is 5.73 Å². The first kappa shape index (κ1) is 13.9. The molecule has 0 amide bonds. The van der Waals surface area contributed by atoms with E-state index >= 15 is 0 Å². The number of likely N-dealkylation sites (tertiary alicyclic amines) is 1. The lowest BCUT2D eigenvalue weighted by Gasteiger charge is -2.48. The average Bonchev–Trinajstić information content (AvgIpc) is 2.46. The van der Waals surface area contributed by atoms with Crippen LogP contribution in [0.5, 0.6) is 0 Å². The van der Waals surface area contributed by atoms with Crippen molar-refractivity contribution in [2.45, 2.75) is 64.3 Å². The molecule has 5 atom stereocenters. The summed E-state index contributed by atoms with van der Waals surface area (Å²) < 4.78 is 0. The third-order valence-corrected chi connectivity index (χ3v) is 6.31. The number of nitrogens with two attached hydrogens (primary N) is 1. The van der Waals surface area contributed by atoms with Crippen LogP contribution in [0.2, 0.25) is 0 Å². The van der Waals surface area contributed by atoms with Gasteiger partial charge in [-0.15, -0.1) is 0 Å². The second-order valence-corrected chi connectivity index (χ2v) is 7.57. The third-order valence-electron chi connectivity index (χ3n) is 6.31. The van der Waals surface area contributed by atoms with Gasteiger partial charge in [-0.05, 0) is 62.4 Å². The highest BCUT2D eigenvalue weighted by molar-refractivity contribution is 4.91. The van der Waals surface area contributed by atoms with Gasteiger partial charge in [-0.3, -0.25) is 4.90 Å². The molecular weight excluding hydrogens is 232 g/mol. The van der Waals surface area contributed by atoms with E-state index in [0.717, 1.165) is 36.3 Å². The van der Waals surface area contributed by atoms with Crippen LogP contribution in [0.3, 0.4) is 0 Å². The zero-order valence-corrected chi connectivity index (χ0v) is 12.7. The molecule has 0 aromatic heterocycles. The predicted octanol–water partition coefficient (Wildman–Crippen LogP) is 3.26. The van der Waals surface area contributed by atoms with E-state index in [9.17, 15) is 0 Å². The van der Waals surface area contributed by atoms with Gasteiger partial charge < -0.3 is 5.73 Å². The summed E-state index contributed by atoms with van der Waals surface area (Å²) in [6.45, 7) is 6.09. The van der Waals surface area contributed by atoms with Gasteiger partial charge in [0, 0.05) is 12.6 Å². The van der Waals surface area contributed by atoms with E-state index in [1.807, 2.05) is 0 Å². The zero-order chi connectivity index (χ0) is 13.2. The molecule has 1 saturated heterocycles. The predicted molar refractivity (Wildman–Crippen MR) is 81.0 cm³/mol. The molecule has 0 aromatic rings. The summed E-state index contributed by atoms with van der Waals surface area (Å²) in [7, 11) is 0. The lowest BCUT2D eigenvalue weighted by atomic mass is 9.72. The Balaban J connectivity index is 1.64. The summed E-state index contributed by atoms with van der Waals surface area (Å²) >= 11 is 0. The van der Waals surface area contributed by atoms with Gasteiger partial charge in [0.15, 0.2) is 0 Å². The quantitative estimate of drug-likeness (QED) is 0.829. The van der Waals surface area contributed by atoms with Crippen LogP contribution in [0.25, 0.3) is 0 Å². The van der Waals surface area contributed by atoms with Crippen molar-refractivity contribution in [2.24, 2.45) is 29.4 Å². The van der Waals surface area contributed by atoms with E-state index in [2.05, 4.69) is 11.8 Å². The molecule has 2 nitrogen and oxygen atoms in total. The van der Waals surface area contributed by atoms with Crippen molar-refractivity contribution in [3.05, 3.63) is 0 Å². The maximum Gasteiger partial charge on any atom is 0.0138 e. The fourth-order valence-corrected chi connectivity index (χ4v) is 5.07. The van der Waals surface area contributed by atoms with Crippen molar-refractivity contribution in [1.29, 1.82) is 0 Å². The number of hydrogen-bond donors (Lipinski definition) is 1. The first-order chi connectivity index (χ1) is 9.28. The highest BCUT2D eigenvalue weighted by Crippen LogP contribution is 2.39. The van der Waals surface area contributed by atoms with Crippen molar-refractivity contribution in [3.8, 4) is 0 Å². The van der Waals surface area contributed by atoms with Crippen molar-refractivity contribution in [3.63, 3.8) is 0 Å².